The number of carbonyl (C=O) groups excluding carboxylic acids is 2. The molecule has 0 radical (unpaired) electrons. The molecule has 10 heteroatoms. The van der Waals surface area contributed by atoms with Gasteiger partial charge in [0.2, 0.25) is 0 Å². The van der Waals surface area contributed by atoms with Crippen LogP contribution >= 0.6 is 0 Å². The lowest BCUT2D eigenvalue weighted by Crippen LogP contribution is -2.15. The van der Waals surface area contributed by atoms with Gasteiger partial charge in [0.25, 0.3) is 0 Å². The molecule has 0 amide bonds. The van der Waals surface area contributed by atoms with Gasteiger partial charge in [-0.05, 0) is 57.7 Å². The predicted molar refractivity (Wildman–Crippen MR) is 127 cm³/mol. The molecule has 0 saturated carbocycles. The summed E-state index contributed by atoms with van der Waals surface area (Å²) in [6.45, 7) is 9.45. The van der Waals surface area contributed by atoms with E-state index in [1.807, 2.05) is 13.8 Å². The van der Waals surface area contributed by atoms with Gasteiger partial charge in [0, 0.05) is 6.42 Å². The van der Waals surface area contributed by atoms with E-state index in [1.165, 1.54) is 12.1 Å². The number of nitrogens with zero attached hydrogens (tertiary/aromatic N) is 2. The van der Waals surface area contributed by atoms with Crippen molar-refractivity contribution >= 4 is 23.9 Å². The van der Waals surface area contributed by atoms with Crippen LogP contribution < -0.4 is 0 Å². The normalized spacial score (nSPS) is 10.1. The highest BCUT2D eigenvalue weighted by atomic mass is 16.5. The summed E-state index contributed by atoms with van der Waals surface area (Å²) in [5, 5.41) is 17.4. The first-order valence-electron chi connectivity index (χ1n) is 11.3. The maximum absolute atomic E-state index is 12.1. The molecule has 0 aliphatic carbocycles. The van der Waals surface area contributed by atoms with Gasteiger partial charge in [-0.3, -0.25) is 9.78 Å². The largest absolute Gasteiger partial charge is 0.481 e. The fourth-order valence-electron chi connectivity index (χ4n) is 2.81. The number of aliphatic carboxylic acids is 1. The Hall–Kier alpha value is -3.82. The summed E-state index contributed by atoms with van der Waals surface area (Å²) in [5.74, 6) is -3.14. The monoisotopic (exact) mass is 488 g/mol. The van der Waals surface area contributed by atoms with Crippen molar-refractivity contribution in [1.82, 2.24) is 9.97 Å². The highest BCUT2D eigenvalue weighted by Gasteiger charge is 2.20. The molecule has 2 rings (SSSR count). The first kappa shape index (κ1) is 29.2. The number of aromatic carboxylic acids is 1. The summed E-state index contributed by atoms with van der Waals surface area (Å²) in [4.78, 5) is 53.4. The van der Waals surface area contributed by atoms with E-state index in [4.69, 9.17) is 19.7 Å². The fraction of sp³-hybridized carbons (Fsp3) is 0.440. The number of ether oxygens (including phenoxy) is 2. The van der Waals surface area contributed by atoms with Gasteiger partial charge in [-0.25, -0.2) is 19.4 Å². The second-order valence-electron chi connectivity index (χ2n) is 7.68. The summed E-state index contributed by atoms with van der Waals surface area (Å²) in [5.41, 5.74) is 2.85. The van der Waals surface area contributed by atoms with E-state index in [0.29, 0.717) is 29.8 Å². The summed E-state index contributed by atoms with van der Waals surface area (Å²) in [7, 11) is 0. The van der Waals surface area contributed by atoms with Crippen LogP contribution in [-0.2, 0) is 20.7 Å². The third-order valence-electron chi connectivity index (χ3n) is 4.71. The molecule has 10 nitrogen and oxygen atoms in total. The minimum absolute atomic E-state index is 0.0399. The zero-order valence-corrected chi connectivity index (χ0v) is 20.7. The van der Waals surface area contributed by atoms with Crippen molar-refractivity contribution in [2.45, 2.75) is 60.3 Å². The number of hydrogen-bond donors (Lipinski definition) is 2. The fourth-order valence-corrected chi connectivity index (χ4v) is 2.81. The molecule has 190 valence electrons. The van der Waals surface area contributed by atoms with Crippen LogP contribution in [0.5, 0.6) is 0 Å². The van der Waals surface area contributed by atoms with E-state index in [0.717, 1.165) is 5.69 Å². The molecule has 1 heterocycles. The molecule has 1 aromatic heterocycles. The molecule has 35 heavy (non-hydrogen) atoms. The lowest BCUT2D eigenvalue weighted by atomic mass is 10.0. The smallest absolute Gasteiger partial charge is 0.356 e. The number of carbonyl (C=O) groups is 4. The number of rotatable bonds is 10. The molecule has 0 saturated heterocycles. The summed E-state index contributed by atoms with van der Waals surface area (Å²) in [6.07, 6.45) is 1.56. The van der Waals surface area contributed by atoms with E-state index in [-0.39, 0.29) is 42.9 Å². The average molecular weight is 489 g/mol. The van der Waals surface area contributed by atoms with Gasteiger partial charge >= 0.3 is 23.9 Å². The van der Waals surface area contributed by atoms with Crippen LogP contribution in [-0.4, -0.2) is 57.3 Å². The van der Waals surface area contributed by atoms with Crippen molar-refractivity contribution in [3.63, 3.8) is 0 Å². The van der Waals surface area contributed by atoms with Gasteiger partial charge < -0.3 is 19.7 Å². The highest BCUT2D eigenvalue weighted by Crippen LogP contribution is 2.17. The predicted octanol–water partition coefficient (Wildman–Crippen LogP) is 3.94. The molecule has 0 bridgehead atoms. The third kappa shape index (κ3) is 9.52. The Morgan fingerprint density at radius 1 is 0.800 bits per heavy atom. The molecule has 0 fully saturated rings. The molecule has 2 N–H and O–H groups in total. The summed E-state index contributed by atoms with van der Waals surface area (Å²) < 4.78 is 10.2. The average Bonchev–Trinajstić information content (AvgIpc) is 2.81. The second kappa shape index (κ2) is 14.4. The van der Waals surface area contributed by atoms with Gasteiger partial charge in [-0.2, -0.15) is 0 Å². The number of hydrogen-bond acceptors (Lipinski definition) is 8. The van der Waals surface area contributed by atoms with Crippen LogP contribution in [0.3, 0.4) is 0 Å². The molecule has 2 aromatic rings. The van der Waals surface area contributed by atoms with Crippen LogP contribution in [0.2, 0.25) is 0 Å². The van der Waals surface area contributed by atoms with Gasteiger partial charge in [0.05, 0.1) is 41.4 Å². The number of aryl methyl sites for hydroxylation is 4. The van der Waals surface area contributed by atoms with E-state index < -0.39 is 23.9 Å². The molecule has 0 spiro atoms. The number of esters is 2. The molecule has 0 aliphatic heterocycles. The van der Waals surface area contributed by atoms with Crippen molar-refractivity contribution in [2.24, 2.45) is 0 Å². The lowest BCUT2D eigenvalue weighted by Gasteiger charge is -2.11. The van der Waals surface area contributed by atoms with Gasteiger partial charge in [0.15, 0.2) is 5.69 Å². The third-order valence-corrected chi connectivity index (χ3v) is 4.71. The summed E-state index contributed by atoms with van der Waals surface area (Å²) >= 11 is 0. The van der Waals surface area contributed by atoms with Crippen molar-refractivity contribution in [3.05, 3.63) is 57.7 Å². The standard InChI is InChI=1S/C17H22O6.C8H10N2O2/c1-3-9-22-16(20)13-7-5-12(6-8-15(18)19)11-14(13)17(21)23-10-4-2;1-4-5(2)10-7(8(11)12)6(3)9-4/h5,7,11H,3-4,6,8-10H2,1-2H3,(H,18,19);1-3H3,(H,11,12). The van der Waals surface area contributed by atoms with E-state index >= 15 is 0 Å². The minimum Gasteiger partial charge on any atom is -0.481 e. The Labute approximate surface area is 204 Å². The van der Waals surface area contributed by atoms with Crippen LogP contribution in [0, 0.1) is 20.8 Å². The number of carboxylic acids is 2. The SMILES string of the molecule is CCCOC(=O)c1ccc(CCC(=O)O)cc1C(=O)OCCC.Cc1nc(C)c(C(=O)O)nc1C. The van der Waals surface area contributed by atoms with Crippen LogP contribution in [0.25, 0.3) is 0 Å². The number of carboxylic acid groups (broad SMARTS) is 2. The maximum atomic E-state index is 12.1. The quantitative estimate of drug-likeness (QED) is 0.470. The number of aromatic nitrogens is 2. The Morgan fingerprint density at radius 3 is 1.86 bits per heavy atom. The van der Waals surface area contributed by atoms with Gasteiger partial charge in [-0.15, -0.1) is 0 Å². The Bertz CT molecular complexity index is 1070. The maximum Gasteiger partial charge on any atom is 0.356 e. The first-order chi connectivity index (χ1) is 16.5. The first-order valence-corrected chi connectivity index (χ1v) is 11.3. The number of benzene rings is 1. The van der Waals surface area contributed by atoms with E-state index in [2.05, 4.69) is 9.97 Å². The van der Waals surface area contributed by atoms with Crippen molar-refractivity contribution < 1.29 is 38.9 Å². The van der Waals surface area contributed by atoms with Gasteiger partial charge in [0.1, 0.15) is 0 Å². The molecular weight excluding hydrogens is 456 g/mol. The minimum atomic E-state index is -1.02. The van der Waals surface area contributed by atoms with Crippen molar-refractivity contribution in [3.8, 4) is 0 Å². The Morgan fingerprint density at radius 2 is 1.34 bits per heavy atom. The van der Waals surface area contributed by atoms with Crippen LogP contribution in [0.15, 0.2) is 18.2 Å². The van der Waals surface area contributed by atoms with Crippen LogP contribution in [0.1, 0.15) is 87.0 Å². The van der Waals surface area contributed by atoms with Gasteiger partial charge in [-0.1, -0.05) is 19.9 Å². The van der Waals surface area contributed by atoms with Crippen LogP contribution in [0.4, 0.5) is 0 Å². The molecule has 0 aliphatic rings. The highest BCUT2D eigenvalue weighted by molar-refractivity contribution is 6.03. The second-order valence-corrected chi connectivity index (χ2v) is 7.68. The topological polar surface area (TPSA) is 153 Å². The van der Waals surface area contributed by atoms with E-state index in [1.54, 1.807) is 26.8 Å². The zero-order valence-electron chi connectivity index (χ0n) is 20.7. The molecule has 0 unspecified atom stereocenters. The molecule has 0 atom stereocenters. The van der Waals surface area contributed by atoms with E-state index in [9.17, 15) is 19.2 Å². The Balaban J connectivity index is 0.000000427. The zero-order chi connectivity index (χ0) is 26.5. The van der Waals surface area contributed by atoms with Crippen molar-refractivity contribution in [1.29, 1.82) is 0 Å². The Kier molecular flexibility index (Phi) is 12.1. The lowest BCUT2D eigenvalue weighted by molar-refractivity contribution is -0.136. The summed E-state index contributed by atoms with van der Waals surface area (Å²) in [6, 6.07) is 4.61. The molecule has 1 aromatic carbocycles. The molecular formula is C25H32N2O8. The van der Waals surface area contributed by atoms with Crippen molar-refractivity contribution in [2.75, 3.05) is 13.2 Å².